The number of nitrogens with zero attached hydrogens (tertiary/aromatic N) is 2. The van der Waals surface area contributed by atoms with Crippen LogP contribution in [0, 0.1) is 0 Å². The largest absolute Gasteiger partial charge is 0.452 e. The predicted octanol–water partition coefficient (Wildman–Crippen LogP) is 2.49. The van der Waals surface area contributed by atoms with Crippen LogP contribution < -0.4 is 0 Å². The number of benzene rings is 1. The van der Waals surface area contributed by atoms with Gasteiger partial charge in [0.15, 0.2) is 6.61 Å². The summed E-state index contributed by atoms with van der Waals surface area (Å²) >= 11 is 0. The van der Waals surface area contributed by atoms with Crippen LogP contribution in [-0.2, 0) is 9.53 Å². The van der Waals surface area contributed by atoms with Crippen molar-refractivity contribution in [3.05, 3.63) is 34.9 Å². The van der Waals surface area contributed by atoms with Crippen LogP contribution in [0.25, 0.3) is 0 Å². The molecule has 0 bridgehead atoms. The molecule has 1 heterocycles. The molecule has 0 aliphatic carbocycles. The van der Waals surface area contributed by atoms with Gasteiger partial charge in [0.05, 0.1) is 16.7 Å². The van der Waals surface area contributed by atoms with Crippen LogP contribution in [-0.4, -0.2) is 59.2 Å². The maximum absolute atomic E-state index is 12.5. The average molecular weight is 374 g/mol. The second-order valence-electron chi connectivity index (χ2n) is 6.82. The first-order chi connectivity index (χ1) is 12.7. The Labute approximate surface area is 159 Å². The molecular weight excluding hydrogens is 348 g/mol. The van der Waals surface area contributed by atoms with Gasteiger partial charge in [-0.25, -0.2) is 4.79 Å². The van der Waals surface area contributed by atoms with E-state index in [9.17, 15) is 19.2 Å². The molecule has 2 unspecified atom stereocenters. The van der Waals surface area contributed by atoms with E-state index in [4.69, 9.17) is 4.74 Å². The molecule has 1 aliphatic rings. The monoisotopic (exact) mass is 374 g/mol. The Kier molecular flexibility index (Phi) is 6.36. The number of hydrogen-bond donors (Lipinski definition) is 0. The average Bonchev–Trinajstić information content (AvgIpc) is 2.89. The van der Waals surface area contributed by atoms with E-state index in [0.717, 1.165) is 17.7 Å². The lowest BCUT2D eigenvalue weighted by molar-refractivity contribution is -0.139. The van der Waals surface area contributed by atoms with Crippen molar-refractivity contribution in [1.82, 2.24) is 9.80 Å². The number of imide groups is 1. The summed E-state index contributed by atoms with van der Waals surface area (Å²) in [5.41, 5.74) is 0.565. The second-order valence-corrected chi connectivity index (χ2v) is 6.82. The molecule has 0 spiro atoms. The fraction of sp³-hybridized carbons (Fsp3) is 0.500. The lowest BCUT2D eigenvalue weighted by atomic mass is 10.1. The topological polar surface area (TPSA) is 84.0 Å². The fourth-order valence-electron chi connectivity index (χ4n) is 3.09. The highest BCUT2D eigenvalue weighted by Crippen LogP contribution is 2.23. The molecule has 0 N–H and O–H groups in total. The Bertz CT molecular complexity index is 764. The summed E-state index contributed by atoms with van der Waals surface area (Å²) in [6.45, 7) is 7.56. The van der Waals surface area contributed by atoms with Crippen molar-refractivity contribution >= 4 is 23.7 Å². The molecule has 0 saturated carbocycles. The van der Waals surface area contributed by atoms with Crippen molar-refractivity contribution in [2.24, 2.45) is 0 Å². The smallest absolute Gasteiger partial charge is 0.338 e. The van der Waals surface area contributed by atoms with Crippen molar-refractivity contribution in [1.29, 1.82) is 0 Å². The summed E-state index contributed by atoms with van der Waals surface area (Å²) < 4.78 is 5.17. The number of carbonyl (C=O) groups is 4. The van der Waals surface area contributed by atoms with Gasteiger partial charge in [-0.15, -0.1) is 0 Å². The highest BCUT2D eigenvalue weighted by Gasteiger charge is 2.33. The maximum Gasteiger partial charge on any atom is 0.338 e. The summed E-state index contributed by atoms with van der Waals surface area (Å²) in [6, 6.07) is 4.29. The molecule has 3 amide bonds. The Morgan fingerprint density at radius 2 is 1.59 bits per heavy atom. The minimum Gasteiger partial charge on any atom is -0.452 e. The van der Waals surface area contributed by atoms with Crippen LogP contribution in [0.4, 0.5) is 0 Å². The Balaban J connectivity index is 2.09. The molecular formula is C20H26N2O5. The van der Waals surface area contributed by atoms with Gasteiger partial charge < -0.3 is 9.64 Å². The van der Waals surface area contributed by atoms with Gasteiger partial charge in [-0.05, 0) is 44.9 Å². The third-order valence-corrected chi connectivity index (χ3v) is 5.07. The normalized spacial score (nSPS) is 15.4. The summed E-state index contributed by atoms with van der Waals surface area (Å²) in [5, 5.41) is 0. The number of carbonyl (C=O) groups excluding carboxylic acids is 4. The van der Waals surface area contributed by atoms with E-state index in [-0.39, 0.29) is 41.3 Å². The van der Waals surface area contributed by atoms with Crippen LogP contribution in [0.15, 0.2) is 18.2 Å². The predicted molar refractivity (Wildman–Crippen MR) is 99.5 cm³/mol. The standard InChI is InChI=1S/C20H26N2O5/c1-6-12(3)22(13(4)7-2)17(23)11-27-20(26)14-8-9-15-16(10-14)19(25)21(5)18(15)24/h8-10,12-13H,6-7,11H2,1-5H3. The van der Waals surface area contributed by atoms with Gasteiger partial charge in [0.1, 0.15) is 0 Å². The van der Waals surface area contributed by atoms with Gasteiger partial charge in [-0.3, -0.25) is 19.3 Å². The SMILES string of the molecule is CCC(C)N(C(=O)COC(=O)c1ccc2c(c1)C(=O)N(C)C2=O)C(C)CC. The lowest BCUT2D eigenvalue weighted by Gasteiger charge is -2.33. The van der Waals surface area contributed by atoms with Gasteiger partial charge in [0.25, 0.3) is 17.7 Å². The number of fused-ring (bicyclic) bond motifs is 1. The lowest BCUT2D eigenvalue weighted by Crippen LogP contribution is -2.46. The van der Waals surface area contributed by atoms with Gasteiger partial charge in [0, 0.05) is 19.1 Å². The maximum atomic E-state index is 12.5. The van der Waals surface area contributed by atoms with Crippen molar-refractivity contribution in [2.45, 2.75) is 52.6 Å². The number of rotatable bonds is 7. The molecule has 2 atom stereocenters. The van der Waals surface area contributed by atoms with Gasteiger partial charge in [-0.2, -0.15) is 0 Å². The highest BCUT2D eigenvalue weighted by atomic mass is 16.5. The summed E-state index contributed by atoms with van der Waals surface area (Å²) in [5.74, 6) is -1.81. The molecule has 0 aromatic heterocycles. The van der Waals surface area contributed by atoms with Crippen LogP contribution in [0.5, 0.6) is 0 Å². The third-order valence-electron chi connectivity index (χ3n) is 5.07. The zero-order valence-corrected chi connectivity index (χ0v) is 16.4. The quantitative estimate of drug-likeness (QED) is 0.541. The van der Waals surface area contributed by atoms with Crippen molar-refractivity contribution in [2.75, 3.05) is 13.7 Å². The first kappa shape index (κ1) is 20.6. The van der Waals surface area contributed by atoms with E-state index in [1.807, 2.05) is 27.7 Å². The molecule has 7 nitrogen and oxygen atoms in total. The van der Waals surface area contributed by atoms with E-state index >= 15 is 0 Å². The molecule has 2 rings (SSSR count). The molecule has 1 aromatic rings. The molecule has 1 aromatic carbocycles. The van der Waals surface area contributed by atoms with E-state index in [1.165, 1.54) is 25.2 Å². The van der Waals surface area contributed by atoms with Crippen LogP contribution >= 0.6 is 0 Å². The van der Waals surface area contributed by atoms with Crippen molar-refractivity contribution < 1.29 is 23.9 Å². The zero-order chi connectivity index (χ0) is 20.3. The number of ether oxygens (including phenoxy) is 1. The van der Waals surface area contributed by atoms with E-state index in [0.29, 0.717) is 0 Å². The van der Waals surface area contributed by atoms with Crippen LogP contribution in [0.1, 0.15) is 71.6 Å². The molecule has 0 fully saturated rings. The molecule has 7 heteroatoms. The van der Waals surface area contributed by atoms with E-state index < -0.39 is 17.8 Å². The molecule has 27 heavy (non-hydrogen) atoms. The number of amides is 3. The number of hydrogen-bond acceptors (Lipinski definition) is 5. The molecule has 0 saturated heterocycles. The van der Waals surface area contributed by atoms with Gasteiger partial charge >= 0.3 is 5.97 Å². The minimum absolute atomic E-state index is 0.0466. The Morgan fingerprint density at radius 3 is 2.15 bits per heavy atom. The first-order valence-corrected chi connectivity index (χ1v) is 9.17. The third kappa shape index (κ3) is 4.02. The molecule has 1 aliphatic heterocycles. The first-order valence-electron chi connectivity index (χ1n) is 9.17. The Morgan fingerprint density at radius 1 is 1.04 bits per heavy atom. The highest BCUT2D eigenvalue weighted by molar-refractivity contribution is 6.21. The number of esters is 1. The molecule has 0 radical (unpaired) electrons. The summed E-state index contributed by atoms with van der Waals surface area (Å²) in [6.07, 6.45) is 1.61. The Hall–Kier alpha value is -2.70. The minimum atomic E-state index is -0.700. The fourth-order valence-corrected chi connectivity index (χ4v) is 3.09. The van der Waals surface area contributed by atoms with Crippen molar-refractivity contribution in [3.8, 4) is 0 Å². The zero-order valence-electron chi connectivity index (χ0n) is 16.4. The second kappa shape index (κ2) is 8.33. The van der Waals surface area contributed by atoms with Crippen LogP contribution in [0.2, 0.25) is 0 Å². The molecule has 146 valence electrons. The van der Waals surface area contributed by atoms with Crippen LogP contribution in [0.3, 0.4) is 0 Å². The van der Waals surface area contributed by atoms with Crippen molar-refractivity contribution in [3.63, 3.8) is 0 Å². The van der Waals surface area contributed by atoms with E-state index in [2.05, 4.69) is 0 Å². The summed E-state index contributed by atoms with van der Waals surface area (Å²) in [4.78, 5) is 51.6. The van der Waals surface area contributed by atoms with Gasteiger partial charge in [0.2, 0.25) is 0 Å². The van der Waals surface area contributed by atoms with E-state index in [1.54, 1.807) is 4.90 Å². The van der Waals surface area contributed by atoms with Gasteiger partial charge in [-0.1, -0.05) is 13.8 Å². The summed E-state index contributed by atoms with van der Waals surface area (Å²) in [7, 11) is 1.39.